The van der Waals surface area contributed by atoms with E-state index in [9.17, 15) is 9.18 Å². The Kier molecular flexibility index (Phi) is 4.65. The van der Waals surface area contributed by atoms with Crippen molar-refractivity contribution in [3.8, 4) is 0 Å². The number of furan rings is 1. The highest BCUT2D eigenvalue weighted by Crippen LogP contribution is 2.27. The van der Waals surface area contributed by atoms with Crippen LogP contribution < -0.4 is 5.32 Å². The number of amides is 1. The molecule has 4 rings (SSSR count). The van der Waals surface area contributed by atoms with E-state index in [1.807, 2.05) is 38.4 Å². The Labute approximate surface area is 162 Å². The van der Waals surface area contributed by atoms with Gasteiger partial charge in [0.25, 0.3) is 5.91 Å². The van der Waals surface area contributed by atoms with Crippen LogP contribution in [0.3, 0.4) is 0 Å². The zero-order valence-corrected chi connectivity index (χ0v) is 16.1. The smallest absolute Gasteiger partial charge is 0.291 e. The molecule has 6 heteroatoms. The second kappa shape index (κ2) is 7.13. The van der Waals surface area contributed by atoms with Gasteiger partial charge in [0.15, 0.2) is 5.76 Å². The van der Waals surface area contributed by atoms with Gasteiger partial charge in [-0.25, -0.2) is 4.39 Å². The van der Waals surface area contributed by atoms with Crippen LogP contribution in [0.1, 0.15) is 16.1 Å². The molecule has 0 spiro atoms. The topological polar surface area (TPSA) is 50.4 Å². The molecule has 1 N–H and O–H groups in total. The molecule has 4 aromatic rings. The van der Waals surface area contributed by atoms with Gasteiger partial charge in [-0.3, -0.25) is 4.79 Å². The van der Waals surface area contributed by atoms with Crippen molar-refractivity contribution >= 4 is 33.5 Å². The molecule has 0 atom stereocenters. The highest BCUT2D eigenvalue weighted by molar-refractivity contribution is 6.07. The number of halogens is 1. The Balaban J connectivity index is 1.58. The first kappa shape index (κ1) is 18.3. The minimum atomic E-state index is -0.354. The van der Waals surface area contributed by atoms with Gasteiger partial charge in [0.2, 0.25) is 0 Å². The lowest BCUT2D eigenvalue weighted by Gasteiger charge is -2.11. The third-order valence-electron chi connectivity index (χ3n) is 4.92. The summed E-state index contributed by atoms with van der Waals surface area (Å²) in [5, 5.41) is 4.55. The van der Waals surface area contributed by atoms with Crippen molar-refractivity contribution in [3.63, 3.8) is 0 Å². The van der Waals surface area contributed by atoms with E-state index in [0.29, 0.717) is 22.2 Å². The Bertz CT molecular complexity index is 1170. The maximum absolute atomic E-state index is 13.5. The highest BCUT2D eigenvalue weighted by atomic mass is 19.1. The van der Waals surface area contributed by atoms with Crippen LogP contribution in [0.2, 0.25) is 0 Å². The Morgan fingerprint density at radius 3 is 2.79 bits per heavy atom. The fraction of sp³-hybridized carbons (Fsp3) is 0.227. The number of anilines is 1. The first-order chi connectivity index (χ1) is 13.4. The first-order valence-electron chi connectivity index (χ1n) is 9.16. The van der Waals surface area contributed by atoms with E-state index in [0.717, 1.165) is 24.0 Å². The molecule has 144 valence electrons. The number of nitrogens with zero attached hydrogens (tertiary/aromatic N) is 2. The summed E-state index contributed by atoms with van der Waals surface area (Å²) < 4.78 is 21.3. The zero-order chi connectivity index (χ0) is 19.8. The van der Waals surface area contributed by atoms with E-state index in [2.05, 4.69) is 21.0 Å². The summed E-state index contributed by atoms with van der Waals surface area (Å²) in [7, 11) is 4.10. The molecular weight excluding hydrogens is 357 g/mol. The summed E-state index contributed by atoms with van der Waals surface area (Å²) in [5.41, 5.74) is 2.93. The number of nitrogens with one attached hydrogen (secondary N) is 1. The Morgan fingerprint density at radius 2 is 2.00 bits per heavy atom. The maximum atomic E-state index is 13.5. The van der Waals surface area contributed by atoms with Crippen molar-refractivity contribution in [2.45, 2.75) is 13.5 Å². The molecule has 0 bridgehead atoms. The molecule has 0 fully saturated rings. The quantitative estimate of drug-likeness (QED) is 0.549. The third-order valence-corrected chi connectivity index (χ3v) is 4.92. The number of hydrogen-bond donors (Lipinski definition) is 1. The Hall–Kier alpha value is -3.12. The third kappa shape index (κ3) is 3.39. The summed E-state index contributed by atoms with van der Waals surface area (Å²) >= 11 is 0. The number of benzene rings is 2. The molecular formula is C22H22FN3O2. The zero-order valence-electron chi connectivity index (χ0n) is 16.1. The summed E-state index contributed by atoms with van der Waals surface area (Å²) in [5.74, 6) is -0.502. The second-order valence-corrected chi connectivity index (χ2v) is 7.24. The average Bonchev–Trinajstić information content (AvgIpc) is 3.21. The largest absolute Gasteiger partial charge is 0.451 e. The van der Waals surface area contributed by atoms with Crippen LogP contribution in [0.5, 0.6) is 0 Å². The van der Waals surface area contributed by atoms with Crippen molar-refractivity contribution in [1.82, 2.24) is 9.47 Å². The van der Waals surface area contributed by atoms with Crippen molar-refractivity contribution in [2.24, 2.45) is 0 Å². The summed E-state index contributed by atoms with van der Waals surface area (Å²) in [6, 6.07) is 12.1. The van der Waals surface area contributed by atoms with Crippen LogP contribution in [0.15, 0.2) is 53.1 Å². The predicted molar refractivity (Wildman–Crippen MR) is 109 cm³/mol. The van der Waals surface area contributed by atoms with Crippen molar-refractivity contribution in [2.75, 3.05) is 26.0 Å². The van der Waals surface area contributed by atoms with Crippen LogP contribution in [-0.2, 0) is 6.54 Å². The number of carbonyl (C=O) groups is 1. The normalized spacial score (nSPS) is 11.6. The molecule has 5 nitrogen and oxygen atoms in total. The van der Waals surface area contributed by atoms with Crippen LogP contribution >= 0.6 is 0 Å². The van der Waals surface area contributed by atoms with Gasteiger partial charge in [0.1, 0.15) is 11.4 Å². The van der Waals surface area contributed by atoms with Gasteiger partial charge in [-0.2, -0.15) is 0 Å². The molecule has 0 aliphatic carbocycles. The van der Waals surface area contributed by atoms with E-state index in [4.69, 9.17) is 4.42 Å². The molecule has 0 saturated heterocycles. The summed E-state index contributed by atoms with van der Waals surface area (Å²) in [6.07, 6.45) is 2.05. The molecule has 2 aromatic carbocycles. The number of carbonyl (C=O) groups excluding carboxylic acids is 1. The van der Waals surface area contributed by atoms with Crippen LogP contribution in [0, 0.1) is 12.7 Å². The van der Waals surface area contributed by atoms with E-state index >= 15 is 0 Å². The average molecular weight is 379 g/mol. The minimum absolute atomic E-state index is 0.198. The Morgan fingerprint density at radius 1 is 1.18 bits per heavy atom. The second-order valence-electron chi connectivity index (χ2n) is 7.24. The fourth-order valence-corrected chi connectivity index (χ4v) is 3.38. The van der Waals surface area contributed by atoms with Gasteiger partial charge >= 0.3 is 0 Å². The number of aromatic nitrogens is 1. The lowest BCUT2D eigenvalue weighted by molar-refractivity contribution is 0.0998. The molecule has 0 radical (unpaired) electrons. The number of likely N-dealkylation sites (N-methyl/N-ethyl adjacent to an activating group) is 1. The maximum Gasteiger partial charge on any atom is 0.291 e. The molecule has 0 unspecified atom stereocenters. The van der Waals surface area contributed by atoms with Gasteiger partial charge in [-0.1, -0.05) is 0 Å². The van der Waals surface area contributed by atoms with Gasteiger partial charge in [0, 0.05) is 46.8 Å². The molecule has 0 aliphatic heterocycles. The first-order valence-corrected chi connectivity index (χ1v) is 9.16. The number of hydrogen-bond acceptors (Lipinski definition) is 3. The van der Waals surface area contributed by atoms with Gasteiger partial charge in [-0.15, -0.1) is 0 Å². The SMILES string of the molecule is Cc1c(C(=O)Nc2ccc3c(ccn3CCN(C)C)c2)oc2ccc(F)cc12. The monoisotopic (exact) mass is 379 g/mol. The number of fused-ring (bicyclic) bond motifs is 2. The van der Waals surface area contributed by atoms with Crippen LogP contribution in [0.4, 0.5) is 10.1 Å². The van der Waals surface area contributed by atoms with E-state index in [-0.39, 0.29) is 17.5 Å². The summed E-state index contributed by atoms with van der Waals surface area (Å²) in [4.78, 5) is 14.8. The van der Waals surface area contributed by atoms with Gasteiger partial charge in [0.05, 0.1) is 0 Å². The molecule has 28 heavy (non-hydrogen) atoms. The molecule has 1 amide bonds. The van der Waals surface area contributed by atoms with E-state index in [1.165, 1.54) is 18.2 Å². The molecule has 2 aromatic heterocycles. The lowest BCUT2D eigenvalue weighted by Crippen LogP contribution is -2.17. The predicted octanol–water partition coefficient (Wildman–Crippen LogP) is 4.65. The van der Waals surface area contributed by atoms with E-state index in [1.54, 1.807) is 6.92 Å². The van der Waals surface area contributed by atoms with Crippen LogP contribution in [0.25, 0.3) is 21.9 Å². The highest BCUT2D eigenvalue weighted by Gasteiger charge is 2.18. The van der Waals surface area contributed by atoms with Crippen molar-refractivity contribution < 1.29 is 13.6 Å². The van der Waals surface area contributed by atoms with Gasteiger partial charge < -0.3 is 19.2 Å². The lowest BCUT2D eigenvalue weighted by atomic mass is 10.1. The van der Waals surface area contributed by atoms with Gasteiger partial charge in [-0.05, 0) is 63.5 Å². The molecule has 0 saturated carbocycles. The van der Waals surface area contributed by atoms with Crippen molar-refractivity contribution in [3.05, 3.63) is 65.8 Å². The summed E-state index contributed by atoms with van der Waals surface area (Å²) in [6.45, 7) is 3.61. The van der Waals surface area contributed by atoms with E-state index < -0.39 is 0 Å². The number of rotatable bonds is 5. The number of aryl methyl sites for hydroxylation is 1. The molecule has 2 heterocycles. The fourth-order valence-electron chi connectivity index (χ4n) is 3.38. The standard InChI is InChI=1S/C22H22FN3O2/c1-14-18-13-16(23)4-7-20(18)28-21(14)22(27)24-17-5-6-19-15(12-17)8-9-26(19)11-10-25(2)3/h4-9,12-13H,10-11H2,1-3H3,(H,24,27). The van der Waals surface area contributed by atoms with Crippen molar-refractivity contribution in [1.29, 1.82) is 0 Å². The van der Waals surface area contributed by atoms with Crippen LogP contribution in [-0.4, -0.2) is 36.0 Å². The minimum Gasteiger partial charge on any atom is -0.451 e. The molecule has 0 aliphatic rings.